The Kier molecular flexibility index (Phi) is 5.83. The summed E-state index contributed by atoms with van der Waals surface area (Å²) in [5, 5.41) is 9.21. The van der Waals surface area contributed by atoms with E-state index in [1.807, 2.05) is 31.2 Å². The number of hydrogen-bond acceptors (Lipinski definition) is 5. The van der Waals surface area contributed by atoms with Crippen LogP contribution in [0, 0.1) is 6.92 Å². The number of aliphatic hydroxyl groups excluding tert-OH is 1. The molecule has 0 heterocycles. The van der Waals surface area contributed by atoms with Crippen LogP contribution in [-0.4, -0.2) is 47.6 Å². The molecule has 0 aliphatic carbocycles. The van der Waals surface area contributed by atoms with E-state index >= 15 is 0 Å². The van der Waals surface area contributed by atoms with E-state index in [9.17, 15) is 9.90 Å². The molecular formula is C13H20O5Si. The van der Waals surface area contributed by atoms with Gasteiger partial charge in [0.25, 0.3) is 0 Å². The molecule has 0 fully saturated rings. The molecular weight excluding hydrogens is 264 g/mol. The number of carbonyl (C=O) groups excluding carboxylic acids is 1. The number of hydrogen-bond donors (Lipinski definition) is 1. The highest BCUT2D eigenvalue weighted by molar-refractivity contribution is 6.66. The summed E-state index contributed by atoms with van der Waals surface area (Å²) in [5.41, 5.74) is 0.967. The lowest BCUT2D eigenvalue weighted by Gasteiger charge is -2.32. The van der Waals surface area contributed by atoms with E-state index in [0.717, 1.165) is 11.1 Å². The van der Waals surface area contributed by atoms with Crippen molar-refractivity contribution in [2.45, 2.75) is 12.5 Å². The number of rotatable bonds is 7. The highest BCUT2D eigenvalue weighted by atomic mass is 28.4. The van der Waals surface area contributed by atoms with E-state index in [2.05, 4.69) is 0 Å². The Morgan fingerprint density at radius 2 is 1.74 bits per heavy atom. The van der Waals surface area contributed by atoms with Crippen molar-refractivity contribution < 1.29 is 23.2 Å². The molecule has 0 amide bonds. The highest BCUT2D eigenvalue weighted by Gasteiger charge is 2.52. The number of carbonyl (C=O) groups is 1. The Bertz CT molecular complexity index is 423. The van der Waals surface area contributed by atoms with Crippen LogP contribution in [0.25, 0.3) is 0 Å². The highest BCUT2D eigenvalue weighted by Crippen LogP contribution is 2.31. The van der Waals surface area contributed by atoms with Gasteiger partial charge in [-0.3, -0.25) is 4.79 Å². The fraction of sp³-hybridized carbons (Fsp3) is 0.462. The van der Waals surface area contributed by atoms with Gasteiger partial charge >= 0.3 is 8.80 Å². The standard InChI is InChI=1S/C13H20O5Si/c1-10-7-5-6-8-11(10)13(12(15)9-14)19(16-2,17-3)18-4/h5-8,13-14H,9H2,1-4H3. The van der Waals surface area contributed by atoms with Gasteiger partial charge in [0, 0.05) is 21.3 Å². The van der Waals surface area contributed by atoms with Crippen LogP contribution < -0.4 is 0 Å². The summed E-state index contributed by atoms with van der Waals surface area (Å²) in [6, 6.07) is 7.44. The molecule has 1 aromatic carbocycles. The molecule has 1 aromatic rings. The lowest BCUT2D eigenvalue weighted by Crippen LogP contribution is -2.53. The summed E-state index contributed by atoms with van der Waals surface area (Å²) < 4.78 is 16.2. The number of ketones is 1. The summed E-state index contributed by atoms with van der Waals surface area (Å²) in [4.78, 5) is 12.1. The summed E-state index contributed by atoms with van der Waals surface area (Å²) in [7, 11) is 1.15. The Labute approximate surface area is 114 Å². The predicted octanol–water partition coefficient (Wildman–Crippen LogP) is 1.06. The molecule has 0 aliphatic heterocycles. The Morgan fingerprint density at radius 3 is 2.16 bits per heavy atom. The van der Waals surface area contributed by atoms with Gasteiger partial charge in [-0.15, -0.1) is 0 Å². The molecule has 1 unspecified atom stereocenters. The van der Waals surface area contributed by atoms with Crippen molar-refractivity contribution >= 4 is 14.6 Å². The molecule has 0 aromatic heterocycles. The van der Waals surface area contributed by atoms with Crippen LogP contribution >= 0.6 is 0 Å². The molecule has 106 valence electrons. The van der Waals surface area contributed by atoms with Crippen LogP contribution in [0.3, 0.4) is 0 Å². The second kappa shape index (κ2) is 6.92. The van der Waals surface area contributed by atoms with Gasteiger partial charge in [-0.1, -0.05) is 24.3 Å². The molecule has 1 rings (SSSR count). The van der Waals surface area contributed by atoms with Crippen molar-refractivity contribution in [3.63, 3.8) is 0 Å². The quantitative estimate of drug-likeness (QED) is 0.758. The van der Waals surface area contributed by atoms with Crippen molar-refractivity contribution in [2.75, 3.05) is 27.9 Å². The number of aliphatic hydroxyl groups is 1. The minimum atomic E-state index is -3.21. The molecule has 0 bridgehead atoms. The smallest absolute Gasteiger partial charge is 0.389 e. The average molecular weight is 284 g/mol. The van der Waals surface area contributed by atoms with Gasteiger partial charge in [-0.2, -0.15) is 0 Å². The van der Waals surface area contributed by atoms with E-state index in [1.54, 1.807) is 0 Å². The van der Waals surface area contributed by atoms with E-state index < -0.39 is 21.0 Å². The monoisotopic (exact) mass is 284 g/mol. The minimum absolute atomic E-state index is 0.369. The van der Waals surface area contributed by atoms with E-state index in [0.29, 0.717) is 0 Å². The van der Waals surface area contributed by atoms with Crippen molar-refractivity contribution in [3.05, 3.63) is 35.4 Å². The average Bonchev–Trinajstić information content (AvgIpc) is 2.45. The summed E-state index contributed by atoms with van der Waals surface area (Å²) in [6.45, 7) is 1.32. The molecule has 0 aliphatic rings. The lowest BCUT2D eigenvalue weighted by atomic mass is 10.0. The van der Waals surface area contributed by atoms with Gasteiger partial charge in [-0.05, 0) is 18.1 Å². The topological polar surface area (TPSA) is 65.0 Å². The third-order valence-corrected chi connectivity index (χ3v) is 6.23. The SMILES string of the molecule is CO[Si](OC)(OC)C(C(=O)CO)c1ccccc1C. The largest absolute Gasteiger partial charge is 0.515 e. The van der Waals surface area contributed by atoms with E-state index in [-0.39, 0.29) is 5.78 Å². The zero-order valence-corrected chi connectivity index (χ0v) is 12.7. The van der Waals surface area contributed by atoms with Crippen LogP contribution in [0.4, 0.5) is 0 Å². The summed E-state index contributed by atoms with van der Waals surface area (Å²) in [6.07, 6.45) is 0. The van der Waals surface area contributed by atoms with Crippen LogP contribution in [0.15, 0.2) is 24.3 Å². The second-order valence-electron chi connectivity index (χ2n) is 4.13. The van der Waals surface area contributed by atoms with Crippen LogP contribution in [0.1, 0.15) is 16.7 Å². The minimum Gasteiger partial charge on any atom is -0.389 e. The van der Waals surface area contributed by atoms with E-state index in [1.165, 1.54) is 21.3 Å². The normalized spacial score (nSPS) is 13.3. The number of aryl methyl sites for hydroxylation is 1. The van der Waals surface area contributed by atoms with Gasteiger partial charge in [-0.25, -0.2) is 0 Å². The van der Waals surface area contributed by atoms with Gasteiger partial charge in [0.1, 0.15) is 12.1 Å². The van der Waals surface area contributed by atoms with E-state index in [4.69, 9.17) is 13.3 Å². The van der Waals surface area contributed by atoms with Crippen LogP contribution in [0.5, 0.6) is 0 Å². The molecule has 0 spiro atoms. The number of Topliss-reactive ketones (excluding diaryl/α,β-unsaturated/α-hetero) is 1. The molecule has 19 heavy (non-hydrogen) atoms. The van der Waals surface area contributed by atoms with Crippen molar-refractivity contribution in [1.29, 1.82) is 0 Å². The summed E-state index contributed by atoms with van der Waals surface area (Å²) >= 11 is 0. The molecule has 0 radical (unpaired) electrons. The first-order valence-electron chi connectivity index (χ1n) is 5.90. The Balaban J connectivity index is 3.38. The first-order chi connectivity index (χ1) is 9.06. The lowest BCUT2D eigenvalue weighted by molar-refractivity contribution is -0.122. The Hall–Kier alpha value is -1.05. The third kappa shape index (κ3) is 3.10. The summed E-state index contributed by atoms with van der Waals surface area (Å²) in [5.74, 6) is -0.369. The fourth-order valence-electron chi connectivity index (χ4n) is 2.17. The van der Waals surface area contributed by atoms with Crippen molar-refractivity contribution in [1.82, 2.24) is 0 Å². The predicted molar refractivity (Wildman–Crippen MR) is 72.8 cm³/mol. The molecule has 1 atom stereocenters. The van der Waals surface area contributed by atoms with Crippen molar-refractivity contribution in [2.24, 2.45) is 0 Å². The zero-order chi connectivity index (χ0) is 14.5. The first kappa shape index (κ1) is 16.0. The van der Waals surface area contributed by atoms with Gasteiger partial charge in [0.2, 0.25) is 0 Å². The third-order valence-electron chi connectivity index (χ3n) is 3.18. The van der Waals surface area contributed by atoms with Crippen LogP contribution in [0.2, 0.25) is 0 Å². The zero-order valence-electron chi connectivity index (χ0n) is 11.7. The maximum Gasteiger partial charge on any atom is 0.515 e. The van der Waals surface area contributed by atoms with Gasteiger partial charge in [0.05, 0.1) is 0 Å². The maximum absolute atomic E-state index is 12.1. The molecule has 1 N–H and O–H groups in total. The molecule has 0 saturated heterocycles. The molecule has 6 heteroatoms. The van der Waals surface area contributed by atoms with Crippen LogP contribution in [-0.2, 0) is 18.1 Å². The molecule has 0 saturated carbocycles. The fourth-order valence-corrected chi connectivity index (χ4v) is 4.56. The maximum atomic E-state index is 12.1. The van der Waals surface area contributed by atoms with Gasteiger partial charge < -0.3 is 18.4 Å². The Morgan fingerprint density at radius 1 is 1.21 bits per heavy atom. The van der Waals surface area contributed by atoms with Crippen molar-refractivity contribution in [3.8, 4) is 0 Å². The first-order valence-corrected chi connectivity index (χ1v) is 7.71. The second-order valence-corrected chi connectivity index (χ2v) is 7.14. The molecule has 5 nitrogen and oxygen atoms in total. The number of benzene rings is 1. The van der Waals surface area contributed by atoms with Gasteiger partial charge in [0.15, 0.2) is 5.78 Å².